The molecule has 0 amide bonds. The zero-order valence-corrected chi connectivity index (χ0v) is 18.0. The summed E-state index contributed by atoms with van der Waals surface area (Å²) in [5, 5.41) is 0. The van der Waals surface area contributed by atoms with E-state index in [0.717, 1.165) is 41.4 Å². The molecule has 0 saturated heterocycles. The third kappa shape index (κ3) is 8.59. The fraction of sp³-hybridized carbons (Fsp3) is 1.00. The average Bonchev–Trinajstić information content (AvgIpc) is 2.44. The van der Waals surface area contributed by atoms with Crippen LogP contribution in [0, 0.1) is 41.4 Å². The largest absolute Gasteiger partial charge is 0.0654 e. The lowest BCUT2D eigenvalue weighted by Crippen LogP contribution is -2.34. The first-order valence-corrected chi connectivity index (χ1v) is 10.8. The van der Waals surface area contributed by atoms with Crippen molar-refractivity contribution in [1.82, 2.24) is 0 Å². The quantitative estimate of drug-likeness (QED) is 0.320. The maximum atomic E-state index is 2.54. The summed E-state index contributed by atoms with van der Waals surface area (Å²) in [5.41, 5.74) is 0. The van der Waals surface area contributed by atoms with Crippen molar-refractivity contribution in [3.63, 3.8) is 0 Å². The van der Waals surface area contributed by atoms with Gasteiger partial charge in [-0.2, -0.15) is 0 Å². The second kappa shape index (κ2) is 12.4. The zero-order chi connectivity index (χ0) is 18.0. The molecule has 140 valence electrons. The van der Waals surface area contributed by atoms with E-state index in [-0.39, 0.29) is 0 Å². The van der Waals surface area contributed by atoms with E-state index in [0.29, 0.717) is 0 Å². The normalized spacial score (nSPS) is 16.6. The van der Waals surface area contributed by atoms with E-state index in [1.54, 1.807) is 0 Å². The highest BCUT2D eigenvalue weighted by Gasteiger charge is 2.34. The first-order valence-electron chi connectivity index (χ1n) is 10.8. The molecule has 0 aromatic carbocycles. The molecule has 0 spiro atoms. The smallest absolute Gasteiger partial charge is 0.0332 e. The van der Waals surface area contributed by atoms with E-state index < -0.39 is 0 Å². The molecule has 0 aromatic rings. The zero-order valence-electron chi connectivity index (χ0n) is 18.0. The fourth-order valence-electron chi connectivity index (χ4n) is 4.72. The minimum Gasteiger partial charge on any atom is -0.0654 e. The van der Waals surface area contributed by atoms with Crippen molar-refractivity contribution >= 4 is 0 Å². The Morgan fingerprint density at radius 1 is 0.609 bits per heavy atom. The Bertz CT molecular complexity index is 257. The molecule has 0 aliphatic rings. The molecule has 3 unspecified atom stereocenters. The highest BCUT2D eigenvalue weighted by molar-refractivity contribution is 4.84. The van der Waals surface area contributed by atoms with E-state index in [2.05, 4.69) is 62.3 Å². The fourth-order valence-corrected chi connectivity index (χ4v) is 4.72. The third-order valence-corrected chi connectivity index (χ3v) is 6.17. The van der Waals surface area contributed by atoms with Crippen molar-refractivity contribution in [3.05, 3.63) is 0 Å². The molecule has 0 nitrogen and oxygen atoms in total. The van der Waals surface area contributed by atoms with Crippen LogP contribution < -0.4 is 0 Å². The lowest BCUT2D eigenvalue weighted by atomic mass is 9.64. The van der Waals surface area contributed by atoms with Crippen LogP contribution in [0.4, 0.5) is 0 Å². The second-order valence-corrected chi connectivity index (χ2v) is 9.25. The van der Waals surface area contributed by atoms with Crippen molar-refractivity contribution in [1.29, 1.82) is 0 Å². The molecule has 0 fully saturated rings. The van der Waals surface area contributed by atoms with Gasteiger partial charge in [-0.1, -0.05) is 101 Å². The Kier molecular flexibility index (Phi) is 12.4. The summed E-state index contributed by atoms with van der Waals surface area (Å²) < 4.78 is 0. The number of hydrogen-bond donors (Lipinski definition) is 0. The molecular formula is C23H48. The van der Waals surface area contributed by atoms with E-state index in [4.69, 9.17) is 0 Å². The van der Waals surface area contributed by atoms with Gasteiger partial charge in [-0.15, -0.1) is 0 Å². The summed E-state index contributed by atoms with van der Waals surface area (Å²) in [6.45, 7) is 21.9. The van der Waals surface area contributed by atoms with Gasteiger partial charge in [-0.25, -0.2) is 0 Å². The van der Waals surface area contributed by atoms with Crippen LogP contribution in [-0.4, -0.2) is 0 Å². The van der Waals surface area contributed by atoms with Crippen LogP contribution in [0.15, 0.2) is 0 Å². The summed E-state index contributed by atoms with van der Waals surface area (Å²) >= 11 is 0. The molecule has 0 saturated carbocycles. The van der Waals surface area contributed by atoms with Crippen LogP contribution in [-0.2, 0) is 0 Å². The van der Waals surface area contributed by atoms with Crippen molar-refractivity contribution in [2.75, 3.05) is 0 Å². The van der Waals surface area contributed by atoms with Gasteiger partial charge in [-0.3, -0.25) is 0 Å². The Labute approximate surface area is 149 Å². The average molecular weight is 325 g/mol. The molecule has 3 atom stereocenters. The Hall–Kier alpha value is 0. The molecule has 0 aromatic heterocycles. The standard InChI is InChI=1S/C23H48/c1-10-13-21(14-11-2)23(19(7)8)22(20(9)18(5)6)16-12-15-17(3)4/h17-23H,10-16H2,1-9H3. The Morgan fingerprint density at radius 2 is 1.13 bits per heavy atom. The van der Waals surface area contributed by atoms with Gasteiger partial charge in [-0.05, 0) is 47.8 Å². The lowest BCUT2D eigenvalue weighted by molar-refractivity contribution is 0.0773. The molecule has 23 heavy (non-hydrogen) atoms. The summed E-state index contributed by atoms with van der Waals surface area (Å²) in [7, 11) is 0. The van der Waals surface area contributed by atoms with Crippen molar-refractivity contribution < 1.29 is 0 Å². The van der Waals surface area contributed by atoms with Gasteiger partial charge in [0, 0.05) is 0 Å². The predicted molar refractivity (Wildman–Crippen MR) is 108 cm³/mol. The molecule has 0 rings (SSSR count). The highest BCUT2D eigenvalue weighted by atomic mass is 14.4. The second-order valence-electron chi connectivity index (χ2n) is 9.25. The first-order chi connectivity index (χ1) is 10.8. The summed E-state index contributed by atoms with van der Waals surface area (Å²) in [6.07, 6.45) is 9.84. The van der Waals surface area contributed by atoms with E-state index >= 15 is 0 Å². The van der Waals surface area contributed by atoms with E-state index in [1.807, 2.05) is 0 Å². The van der Waals surface area contributed by atoms with Gasteiger partial charge in [0.2, 0.25) is 0 Å². The number of rotatable bonds is 13. The monoisotopic (exact) mass is 324 g/mol. The molecule has 0 N–H and O–H groups in total. The maximum absolute atomic E-state index is 2.54. The third-order valence-electron chi connectivity index (χ3n) is 6.17. The minimum absolute atomic E-state index is 0.809. The molecular weight excluding hydrogens is 276 g/mol. The summed E-state index contributed by atoms with van der Waals surface area (Å²) in [6, 6.07) is 0. The summed E-state index contributed by atoms with van der Waals surface area (Å²) in [5.74, 6) is 6.11. The first kappa shape index (κ1) is 23.0. The van der Waals surface area contributed by atoms with Crippen LogP contribution in [0.2, 0.25) is 0 Å². The van der Waals surface area contributed by atoms with Gasteiger partial charge < -0.3 is 0 Å². The lowest BCUT2D eigenvalue weighted by Gasteiger charge is -2.41. The SMILES string of the molecule is CCCC(CCC)C(C(C)C)C(CCCC(C)C)C(C)C(C)C. The Balaban J connectivity index is 5.26. The van der Waals surface area contributed by atoms with E-state index in [9.17, 15) is 0 Å². The molecule has 0 aliphatic carbocycles. The van der Waals surface area contributed by atoms with Gasteiger partial charge in [0.1, 0.15) is 0 Å². The topological polar surface area (TPSA) is 0 Å². The number of hydrogen-bond acceptors (Lipinski definition) is 0. The Morgan fingerprint density at radius 3 is 1.48 bits per heavy atom. The van der Waals surface area contributed by atoms with Crippen molar-refractivity contribution in [3.8, 4) is 0 Å². The van der Waals surface area contributed by atoms with Crippen LogP contribution in [0.3, 0.4) is 0 Å². The molecule has 0 heteroatoms. The van der Waals surface area contributed by atoms with Crippen molar-refractivity contribution in [2.24, 2.45) is 41.4 Å². The van der Waals surface area contributed by atoms with Crippen LogP contribution in [0.1, 0.15) is 107 Å². The molecule has 0 radical (unpaired) electrons. The van der Waals surface area contributed by atoms with Gasteiger partial charge in [0.05, 0.1) is 0 Å². The predicted octanol–water partition coefficient (Wildman–Crippen LogP) is 8.21. The summed E-state index contributed by atoms with van der Waals surface area (Å²) in [4.78, 5) is 0. The van der Waals surface area contributed by atoms with E-state index in [1.165, 1.54) is 44.9 Å². The molecule has 0 aliphatic heterocycles. The minimum atomic E-state index is 0.809. The van der Waals surface area contributed by atoms with Crippen LogP contribution in [0.25, 0.3) is 0 Å². The molecule has 0 heterocycles. The van der Waals surface area contributed by atoms with Crippen molar-refractivity contribution in [2.45, 2.75) is 107 Å². The highest BCUT2D eigenvalue weighted by Crippen LogP contribution is 2.42. The van der Waals surface area contributed by atoms with Gasteiger partial charge >= 0.3 is 0 Å². The van der Waals surface area contributed by atoms with Gasteiger partial charge in [0.15, 0.2) is 0 Å². The molecule has 0 bridgehead atoms. The van der Waals surface area contributed by atoms with Crippen LogP contribution >= 0.6 is 0 Å². The van der Waals surface area contributed by atoms with Gasteiger partial charge in [0.25, 0.3) is 0 Å². The maximum Gasteiger partial charge on any atom is -0.0332 e. The van der Waals surface area contributed by atoms with Crippen LogP contribution in [0.5, 0.6) is 0 Å².